The second-order valence-corrected chi connectivity index (χ2v) is 36.0. The molecule has 0 spiro atoms. The molecule has 18 unspecified atom stereocenters. The van der Waals surface area contributed by atoms with Crippen molar-refractivity contribution >= 4 is 31.7 Å². The highest BCUT2D eigenvalue weighted by Gasteiger charge is 2.60. The van der Waals surface area contributed by atoms with Crippen LogP contribution in [0.4, 0.5) is 0 Å². The van der Waals surface area contributed by atoms with E-state index in [0.717, 1.165) is 122 Å². The standard InChI is InChI=1S/C93H173O25P/c1-5-9-13-17-21-25-29-33-36-39-43-47-51-55-59-63-67-78(97)112-73(70-109-76(95)65-61-57-53-49-46-42-38-35-31-27-23-19-15-11-7-3)71-111-119(107,108)118-91-89(116-92-86(105)82(101)80(99)74(69-94)113-92)85(104)84(103)88(115-79(98)68-64-60-56-52-48-44-40-37-34-30-26-22-18-14-10-6-2)90(91)117-93-87(106)83(102)81(100)75(114-93)72-110-77(96)66-62-58-54-50-45-41-32-28-24-20-16-12-8-4/h41,45,73-75,80-94,99-106H,5-40,42-44,46-72H2,1-4H3,(H,107,108)/b45-41-. The summed E-state index contributed by atoms with van der Waals surface area (Å²) in [5.41, 5.74) is 0. The first-order chi connectivity index (χ1) is 57.7. The molecule has 2 heterocycles. The van der Waals surface area contributed by atoms with E-state index in [-0.39, 0.29) is 25.7 Å². The molecule has 1 saturated carbocycles. The molecule has 0 bridgehead atoms. The number of carbonyl (C=O) groups is 4. The zero-order chi connectivity index (χ0) is 86.8. The van der Waals surface area contributed by atoms with Crippen LogP contribution in [0.1, 0.15) is 426 Å². The smallest absolute Gasteiger partial charge is 0.463 e. The third kappa shape index (κ3) is 52.2. The van der Waals surface area contributed by atoms with Gasteiger partial charge in [-0.1, -0.05) is 361 Å². The highest BCUT2D eigenvalue weighted by molar-refractivity contribution is 7.47. The molecular weight excluding hydrogens is 1550 g/mol. The van der Waals surface area contributed by atoms with Crippen molar-refractivity contribution in [3.8, 4) is 0 Å². The van der Waals surface area contributed by atoms with E-state index < -0.39 is 162 Å². The van der Waals surface area contributed by atoms with Gasteiger partial charge in [-0.2, -0.15) is 0 Å². The number of hydrogen-bond donors (Lipinski definition) is 10. The van der Waals surface area contributed by atoms with E-state index in [1.54, 1.807) is 0 Å². The summed E-state index contributed by atoms with van der Waals surface area (Å²) in [7, 11) is -5.81. The van der Waals surface area contributed by atoms with Crippen molar-refractivity contribution in [3.05, 3.63) is 12.2 Å². The van der Waals surface area contributed by atoms with Crippen molar-refractivity contribution in [1.29, 1.82) is 0 Å². The first-order valence-corrected chi connectivity index (χ1v) is 49.9. The van der Waals surface area contributed by atoms with Crippen LogP contribution in [-0.2, 0) is 70.7 Å². The Balaban J connectivity index is 1.91. The molecule has 0 amide bonds. The number of aliphatic hydroxyl groups is 9. The second-order valence-electron chi connectivity index (χ2n) is 34.6. The van der Waals surface area contributed by atoms with Gasteiger partial charge in [0.1, 0.15) is 92.6 Å². The number of hydrogen-bond acceptors (Lipinski definition) is 24. The van der Waals surface area contributed by atoms with Crippen molar-refractivity contribution in [2.75, 3.05) is 26.4 Å². The topological polar surface area (TPSA) is 380 Å². The summed E-state index contributed by atoms with van der Waals surface area (Å²) in [6.07, 6.45) is 31.8. The van der Waals surface area contributed by atoms with E-state index in [4.69, 9.17) is 46.9 Å². The third-order valence-corrected chi connectivity index (χ3v) is 24.8. The summed E-state index contributed by atoms with van der Waals surface area (Å²) in [4.78, 5) is 66.5. The van der Waals surface area contributed by atoms with Crippen LogP contribution < -0.4 is 0 Å². The average molecular weight is 1720 g/mol. The van der Waals surface area contributed by atoms with Crippen molar-refractivity contribution < 1.29 is 122 Å². The lowest BCUT2D eigenvalue weighted by Crippen LogP contribution is -2.70. The van der Waals surface area contributed by atoms with Gasteiger partial charge in [0.15, 0.2) is 24.8 Å². The molecule has 119 heavy (non-hydrogen) atoms. The number of phosphoric ester groups is 1. The largest absolute Gasteiger partial charge is 0.472 e. The van der Waals surface area contributed by atoms with Crippen molar-refractivity contribution in [2.24, 2.45) is 0 Å². The zero-order valence-corrected chi connectivity index (χ0v) is 75.6. The Labute approximate surface area is 718 Å². The van der Waals surface area contributed by atoms with Gasteiger partial charge in [0.2, 0.25) is 0 Å². The quantitative estimate of drug-likeness (QED) is 0.00889. The van der Waals surface area contributed by atoms with Gasteiger partial charge in [0.05, 0.1) is 13.2 Å². The van der Waals surface area contributed by atoms with Gasteiger partial charge in [-0.15, -0.1) is 0 Å². The highest BCUT2D eigenvalue weighted by atomic mass is 31.2. The third-order valence-electron chi connectivity index (χ3n) is 23.8. The summed E-state index contributed by atoms with van der Waals surface area (Å²) in [6.45, 7) is 5.63. The summed E-state index contributed by atoms with van der Waals surface area (Å²) >= 11 is 0. The Morgan fingerprint density at radius 1 is 0.328 bits per heavy atom. The Morgan fingerprint density at radius 2 is 0.630 bits per heavy atom. The van der Waals surface area contributed by atoms with Crippen LogP contribution in [0.15, 0.2) is 12.2 Å². The Hall–Kier alpha value is -2.79. The summed E-state index contributed by atoms with van der Waals surface area (Å²) in [5.74, 6) is -2.96. The van der Waals surface area contributed by atoms with E-state index in [2.05, 4.69) is 39.8 Å². The lowest BCUT2D eigenvalue weighted by Gasteiger charge is -2.50. The van der Waals surface area contributed by atoms with E-state index in [1.165, 1.54) is 212 Å². The van der Waals surface area contributed by atoms with Gasteiger partial charge < -0.3 is 88.7 Å². The Kier molecular flexibility index (Phi) is 67.0. The maximum Gasteiger partial charge on any atom is 0.472 e. The molecule has 1 aliphatic carbocycles. The SMILES string of the molecule is CCCCCCCC/C=C\CCCCCC(=O)OCC1OC(OC2C(OC(=O)CCCCCCCCCCCCCCCCCC)C(O)C(O)C(OC3OC(CO)C(O)C(O)C3O)C2OP(=O)(O)OCC(COC(=O)CCCCCCCCCCCCCCCCC)OC(=O)CCCCCCCCCCCCCCCCCC)C(O)C(O)C1O. The van der Waals surface area contributed by atoms with E-state index >= 15 is 0 Å². The number of aliphatic hydroxyl groups excluding tert-OH is 9. The van der Waals surface area contributed by atoms with Crippen molar-refractivity contribution in [2.45, 2.75) is 530 Å². The minimum atomic E-state index is -5.81. The number of unbranched alkanes of at least 4 members (excludes halogenated alkanes) is 53. The number of phosphoric acid groups is 1. The van der Waals surface area contributed by atoms with Gasteiger partial charge in [-0.3, -0.25) is 28.2 Å². The molecule has 18 atom stereocenters. The molecular formula is C93H173O25P. The van der Waals surface area contributed by atoms with Gasteiger partial charge >= 0.3 is 31.7 Å². The Bertz CT molecular complexity index is 2520. The second kappa shape index (κ2) is 72.3. The predicted molar refractivity (Wildman–Crippen MR) is 463 cm³/mol. The number of carbonyl (C=O) groups excluding carboxylic acids is 4. The highest BCUT2D eigenvalue weighted by Crippen LogP contribution is 2.49. The van der Waals surface area contributed by atoms with Crippen LogP contribution in [0.3, 0.4) is 0 Å². The normalized spacial score (nSPS) is 24.8. The fourth-order valence-corrected chi connectivity index (χ4v) is 17.0. The molecule has 2 saturated heterocycles. The fraction of sp³-hybridized carbons (Fsp3) is 0.935. The van der Waals surface area contributed by atoms with E-state index in [0.29, 0.717) is 38.5 Å². The molecule has 700 valence electrons. The molecule has 3 rings (SSSR count). The first kappa shape index (κ1) is 110. The lowest BCUT2D eigenvalue weighted by molar-refractivity contribution is -0.360. The van der Waals surface area contributed by atoms with Crippen LogP contribution in [0.2, 0.25) is 0 Å². The maximum atomic E-state index is 14.9. The van der Waals surface area contributed by atoms with E-state index in [9.17, 15) is 74.6 Å². The van der Waals surface area contributed by atoms with Crippen LogP contribution >= 0.6 is 7.82 Å². The molecule has 10 N–H and O–H groups in total. The van der Waals surface area contributed by atoms with Crippen LogP contribution in [0, 0.1) is 0 Å². The molecule has 25 nitrogen and oxygen atoms in total. The lowest BCUT2D eigenvalue weighted by atomic mass is 9.84. The van der Waals surface area contributed by atoms with Crippen molar-refractivity contribution in [3.63, 3.8) is 0 Å². The predicted octanol–water partition coefficient (Wildman–Crippen LogP) is 18.3. The first-order valence-electron chi connectivity index (χ1n) is 48.4. The average Bonchev–Trinajstić information content (AvgIpc) is 0.754. The van der Waals surface area contributed by atoms with Gasteiger partial charge in [0, 0.05) is 25.7 Å². The van der Waals surface area contributed by atoms with Crippen LogP contribution in [0.25, 0.3) is 0 Å². The van der Waals surface area contributed by atoms with Gasteiger partial charge in [0.25, 0.3) is 0 Å². The summed E-state index contributed by atoms with van der Waals surface area (Å²) < 4.78 is 73.5. The molecule has 3 fully saturated rings. The van der Waals surface area contributed by atoms with Crippen LogP contribution in [0.5, 0.6) is 0 Å². The van der Waals surface area contributed by atoms with Gasteiger partial charge in [-0.25, -0.2) is 4.57 Å². The fourth-order valence-electron chi connectivity index (χ4n) is 16.1. The molecule has 0 radical (unpaired) electrons. The molecule has 26 heteroatoms. The number of allylic oxidation sites excluding steroid dienone is 2. The van der Waals surface area contributed by atoms with Gasteiger partial charge in [-0.05, 0) is 51.4 Å². The number of esters is 4. The van der Waals surface area contributed by atoms with Crippen molar-refractivity contribution in [1.82, 2.24) is 0 Å². The summed E-state index contributed by atoms with van der Waals surface area (Å²) in [6, 6.07) is 0. The molecule has 0 aromatic heterocycles. The minimum Gasteiger partial charge on any atom is -0.463 e. The minimum absolute atomic E-state index is 0.00415. The molecule has 2 aliphatic heterocycles. The number of ether oxygens (including phenoxy) is 8. The molecule has 0 aromatic carbocycles. The Morgan fingerprint density at radius 3 is 1.01 bits per heavy atom. The number of rotatable bonds is 79. The van der Waals surface area contributed by atoms with E-state index in [1.807, 2.05) is 0 Å². The summed E-state index contributed by atoms with van der Waals surface area (Å²) in [5, 5.41) is 102. The zero-order valence-electron chi connectivity index (χ0n) is 74.7. The maximum absolute atomic E-state index is 14.9. The molecule has 0 aromatic rings. The molecule has 3 aliphatic rings. The van der Waals surface area contributed by atoms with Crippen LogP contribution in [-0.4, -0.2) is 205 Å². The monoisotopic (exact) mass is 1720 g/mol.